The van der Waals surface area contributed by atoms with Gasteiger partial charge in [0.2, 0.25) is 0 Å². The summed E-state index contributed by atoms with van der Waals surface area (Å²) in [6.45, 7) is 0.515. The first-order valence-corrected chi connectivity index (χ1v) is 7.13. The van der Waals surface area contributed by atoms with E-state index in [1.54, 1.807) is 31.4 Å². The average Bonchev–Trinajstić information content (AvgIpc) is 2.60. The van der Waals surface area contributed by atoms with E-state index in [-0.39, 0.29) is 24.4 Å². The highest BCUT2D eigenvalue weighted by molar-refractivity contribution is 5.90. The summed E-state index contributed by atoms with van der Waals surface area (Å²) in [7, 11) is 1.57. The lowest BCUT2D eigenvalue weighted by atomic mass is 10.2. The number of ether oxygens (including phenoxy) is 2. The van der Waals surface area contributed by atoms with Crippen molar-refractivity contribution < 1.29 is 18.7 Å². The maximum absolute atomic E-state index is 13.0. The van der Waals surface area contributed by atoms with Gasteiger partial charge in [0.15, 0.2) is 0 Å². The largest absolute Gasteiger partial charge is 0.497 e. The molecule has 6 nitrogen and oxygen atoms in total. The maximum atomic E-state index is 13.0. The predicted molar refractivity (Wildman–Crippen MR) is 86.6 cm³/mol. The van der Waals surface area contributed by atoms with Gasteiger partial charge in [-0.15, -0.1) is 0 Å². The Morgan fingerprint density at radius 2 is 2.04 bits per heavy atom. The van der Waals surface area contributed by atoms with Crippen molar-refractivity contribution in [3.63, 3.8) is 0 Å². The smallest absolute Gasteiger partial charge is 0.319 e. The van der Waals surface area contributed by atoms with Crippen LogP contribution >= 0.6 is 0 Å². The van der Waals surface area contributed by atoms with E-state index in [0.29, 0.717) is 11.5 Å². The van der Waals surface area contributed by atoms with E-state index in [1.807, 2.05) is 6.07 Å². The Labute approximate surface area is 138 Å². The number of amides is 2. The van der Waals surface area contributed by atoms with Crippen LogP contribution in [0.3, 0.4) is 0 Å². The molecule has 0 aliphatic heterocycles. The summed E-state index contributed by atoms with van der Waals surface area (Å²) in [5.41, 5.74) is 0.294. The molecule has 7 heteroatoms. The first-order chi connectivity index (χ1) is 11.6. The van der Waals surface area contributed by atoms with Crippen LogP contribution in [0.5, 0.6) is 11.5 Å². The van der Waals surface area contributed by atoms with Gasteiger partial charge in [0.1, 0.15) is 30.0 Å². The third-order valence-corrected chi connectivity index (χ3v) is 3.05. The Kier molecular flexibility index (Phi) is 5.97. The fraction of sp³-hybridized carbons (Fsp3) is 0.176. The van der Waals surface area contributed by atoms with Gasteiger partial charge in [-0.05, 0) is 30.3 Å². The third kappa shape index (κ3) is 4.88. The highest BCUT2D eigenvalue weighted by atomic mass is 19.1. The predicted octanol–water partition coefficient (Wildman–Crippen LogP) is 2.91. The zero-order valence-corrected chi connectivity index (χ0v) is 13.0. The van der Waals surface area contributed by atoms with Crippen LogP contribution in [0.2, 0.25) is 0 Å². The number of carbonyl (C=O) groups excluding carboxylic acids is 1. The number of halogens is 1. The molecule has 0 bridgehead atoms. The van der Waals surface area contributed by atoms with E-state index in [0.717, 1.165) is 6.07 Å². The second kappa shape index (κ2) is 8.39. The van der Waals surface area contributed by atoms with Crippen molar-refractivity contribution in [3.8, 4) is 17.6 Å². The molecule has 0 saturated carbocycles. The van der Waals surface area contributed by atoms with Gasteiger partial charge in [-0.3, -0.25) is 0 Å². The highest BCUT2D eigenvalue weighted by Gasteiger charge is 2.07. The number of nitrogens with one attached hydrogen (secondary N) is 2. The quantitative estimate of drug-likeness (QED) is 0.798. The van der Waals surface area contributed by atoms with Gasteiger partial charge in [-0.25, -0.2) is 9.18 Å². The standard InChI is InChI=1S/C17H16FN3O3/c1-23-14-3-2-4-15(10-14)24-8-7-20-17(22)21-16-6-5-13(18)9-12(16)11-19/h2-6,9-10H,7-8H2,1H3,(H2,20,21,22). The van der Waals surface area contributed by atoms with E-state index >= 15 is 0 Å². The molecule has 0 saturated heterocycles. The summed E-state index contributed by atoms with van der Waals surface area (Å²) in [6, 6.07) is 12.0. The number of hydrogen-bond acceptors (Lipinski definition) is 4. The zero-order chi connectivity index (χ0) is 17.4. The molecule has 2 aromatic carbocycles. The number of urea groups is 1. The Morgan fingerprint density at radius 1 is 1.25 bits per heavy atom. The average molecular weight is 329 g/mol. The normalized spacial score (nSPS) is 9.71. The molecule has 2 rings (SSSR count). The van der Waals surface area contributed by atoms with Crippen LogP contribution in [0.1, 0.15) is 5.56 Å². The minimum absolute atomic E-state index is 0.0535. The molecule has 0 spiro atoms. The Morgan fingerprint density at radius 3 is 2.79 bits per heavy atom. The van der Waals surface area contributed by atoms with Crippen LogP contribution in [0.25, 0.3) is 0 Å². The van der Waals surface area contributed by atoms with E-state index in [1.165, 1.54) is 12.1 Å². The summed E-state index contributed by atoms with van der Waals surface area (Å²) in [5.74, 6) is 0.768. The number of methoxy groups -OCH3 is 1. The van der Waals surface area contributed by atoms with E-state index in [2.05, 4.69) is 10.6 Å². The van der Waals surface area contributed by atoms with Crippen molar-refractivity contribution in [1.82, 2.24) is 5.32 Å². The van der Waals surface area contributed by atoms with Crippen molar-refractivity contribution in [3.05, 3.63) is 53.8 Å². The second-order valence-electron chi connectivity index (χ2n) is 4.71. The molecular formula is C17H16FN3O3. The van der Waals surface area contributed by atoms with Gasteiger partial charge in [-0.2, -0.15) is 5.26 Å². The van der Waals surface area contributed by atoms with Gasteiger partial charge < -0.3 is 20.1 Å². The first-order valence-electron chi connectivity index (χ1n) is 7.13. The fourth-order valence-corrected chi connectivity index (χ4v) is 1.91. The lowest BCUT2D eigenvalue weighted by Gasteiger charge is -2.10. The molecule has 0 unspecified atom stereocenters. The maximum Gasteiger partial charge on any atom is 0.319 e. The van der Waals surface area contributed by atoms with Gasteiger partial charge in [0.25, 0.3) is 0 Å². The molecule has 0 atom stereocenters. The van der Waals surface area contributed by atoms with E-state index in [4.69, 9.17) is 14.7 Å². The van der Waals surface area contributed by atoms with E-state index in [9.17, 15) is 9.18 Å². The monoisotopic (exact) mass is 329 g/mol. The number of benzene rings is 2. The molecule has 0 radical (unpaired) electrons. The summed E-state index contributed by atoms with van der Waals surface area (Å²) in [6.07, 6.45) is 0. The molecule has 0 aliphatic carbocycles. The topological polar surface area (TPSA) is 83.4 Å². The first kappa shape index (κ1) is 17.1. The number of anilines is 1. The minimum Gasteiger partial charge on any atom is -0.497 e. The fourth-order valence-electron chi connectivity index (χ4n) is 1.91. The molecular weight excluding hydrogens is 313 g/mol. The van der Waals surface area contributed by atoms with Crippen molar-refractivity contribution in [2.24, 2.45) is 0 Å². The van der Waals surface area contributed by atoms with Crippen LogP contribution in [0.15, 0.2) is 42.5 Å². The lowest BCUT2D eigenvalue weighted by Crippen LogP contribution is -2.32. The Hall–Kier alpha value is -3.27. The lowest BCUT2D eigenvalue weighted by molar-refractivity contribution is 0.247. The SMILES string of the molecule is COc1cccc(OCCNC(=O)Nc2ccc(F)cc2C#N)c1. The number of carbonyl (C=O) groups is 1. The van der Waals surface area contributed by atoms with Crippen LogP contribution in [0.4, 0.5) is 14.9 Å². The van der Waals surface area contributed by atoms with Crippen molar-refractivity contribution in [1.29, 1.82) is 5.26 Å². The number of nitriles is 1. The van der Waals surface area contributed by atoms with Crippen molar-refractivity contribution in [2.45, 2.75) is 0 Å². The Bertz CT molecular complexity index is 759. The molecule has 2 amide bonds. The van der Waals surface area contributed by atoms with Gasteiger partial charge in [0.05, 0.1) is 24.9 Å². The number of rotatable bonds is 6. The second-order valence-corrected chi connectivity index (χ2v) is 4.71. The zero-order valence-electron chi connectivity index (χ0n) is 13.0. The molecule has 2 aromatic rings. The summed E-state index contributed by atoms with van der Waals surface area (Å²) >= 11 is 0. The third-order valence-electron chi connectivity index (χ3n) is 3.05. The van der Waals surface area contributed by atoms with Crippen molar-refractivity contribution in [2.75, 3.05) is 25.6 Å². The van der Waals surface area contributed by atoms with E-state index < -0.39 is 11.8 Å². The Balaban J connectivity index is 1.78. The molecule has 124 valence electrons. The molecule has 0 fully saturated rings. The number of nitrogens with zero attached hydrogens (tertiary/aromatic N) is 1. The minimum atomic E-state index is -0.538. The summed E-state index contributed by atoms with van der Waals surface area (Å²) < 4.78 is 23.6. The van der Waals surface area contributed by atoms with Gasteiger partial charge >= 0.3 is 6.03 Å². The summed E-state index contributed by atoms with van der Waals surface area (Å²) in [4.78, 5) is 11.8. The molecule has 0 aliphatic rings. The van der Waals surface area contributed by atoms with Gasteiger partial charge in [-0.1, -0.05) is 6.07 Å². The summed E-state index contributed by atoms with van der Waals surface area (Å²) in [5, 5.41) is 14.0. The molecule has 0 aromatic heterocycles. The van der Waals surface area contributed by atoms with Crippen molar-refractivity contribution >= 4 is 11.7 Å². The van der Waals surface area contributed by atoms with Crippen LogP contribution < -0.4 is 20.1 Å². The van der Waals surface area contributed by atoms with Crippen LogP contribution in [0, 0.1) is 17.1 Å². The highest BCUT2D eigenvalue weighted by Crippen LogP contribution is 2.18. The molecule has 24 heavy (non-hydrogen) atoms. The van der Waals surface area contributed by atoms with Crippen LogP contribution in [-0.4, -0.2) is 26.3 Å². The number of hydrogen-bond donors (Lipinski definition) is 2. The molecule has 2 N–H and O–H groups in total. The molecule has 0 heterocycles. The van der Waals surface area contributed by atoms with Gasteiger partial charge in [0, 0.05) is 6.07 Å². The van der Waals surface area contributed by atoms with Crippen LogP contribution in [-0.2, 0) is 0 Å².